The third-order valence-electron chi connectivity index (χ3n) is 2.02. The maximum atomic E-state index is 11.3. The summed E-state index contributed by atoms with van der Waals surface area (Å²) in [6.07, 6.45) is -1.02. The average molecular weight is 195 g/mol. The Hall–Kier alpha value is -2.30. The topological polar surface area (TPSA) is 104 Å². The van der Waals surface area contributed by atoms with Crippen LogP contribution in [0.3, 0.4) is 0 Å². The molecule has 0 radical (unpaired) electrons. The summed E-state index contributed by atoms with van der Waals surface area (Å²) in [6, 6.07) is -1.40. The Morgan fingerprint density at radius 3 is 2.50 bits per heavy atom. The number of fused-ring (bicyclic) bond motifs is 1. The van der Waals surface area contributed by atoms with Crippen molar-refractivity contribution in [3.8, 4) is 0 Å². The Kier molecular flexibility index (Phi) is 1.39. The molecule has 0 spiro atoms. The molecule has 0 aromatic carbocycles. The van der Waals surface area contributed by atoms with Gasteiger partial charge >= 0.3 is 23.6 Å². The van der Waals surface area contributed by atoms with Gasteiger partial charge in [0.1, 0.15) is 0 Å². The van der Waals surface area contributed by atoms with Crippen LogP contribution >= 0.6 is 0 Å². The fraction of sp³-hybridized carbons (Fsp3) is 0.333. The van der Waals surface area contributed by atoms with Crippen molar-refractivity contribution in [2.75, 3.05) is 0 Å². The van der Waals surface area contributed by atoms with Gasteiger partial charge in [-0.15, -0.1) is 0 Å². The van der Waals surface area contributed by atoms with Gasteiger partial charge in [0, 0.05) is 0 Å². The molecule has 0 saturated carbocycles. The Labute approximate surface area is 77.8 Å². The van der Waals surface area contributed by atoms with Gasteiger partial charge in [-0.25, -0.2) is 16.2 Å². The summed E-state index contributed by atoms with van der Waals surface area (Å²) in [5.41, 5.74) is -1.76. The predicted molar refractivity (Wildman–Crippen MR) is 41.5 cm³/mol. The zero-order chi connectivity index (χ0) is 10.3. The van der Waals surface area contributed by atoms with Crippen molar-refractivity contribution >= 4 is 18.0 Å². The molecule has 0 aromatic rings. The van der Waals surface area contributed by atoms with Crippen molar-refractivity contribution in [2.24, 2.45) is 0 Å². The smallest absolute Gasteiger partial charge is 0.308 e. The zero-order valence-electron chi connectivity index (χ0n) is 6.75. The molecule has 2 atom stereocenters. The minimum Gasteiger partial charge on any atom is -0.308 e. The van der Waals surface area contributed by atoms with E-state index in [0.29, 0.717) is 0 Å². The van der Waals surface area contributed by atoms with Gasteiger partial charge in [0.15, 0.2) is 0 Å². The van der Waals surface area contributed by atoms with Crippen molar-refractivity contribution in [2.45, 2.75) is 11.8 Å². The van der Waals surface area contributed by atoms with Gasteiger partial charge in [-0.2, -0.15) is 0 Å². The summed E-state index contributed by atoms with van der Waals surface area (Å²) in [4.78, 5) is 36.2. The molecule has 4 N–H and O–H groups in total. The SMILES string of the molecule is [C-]#[N+]C12NC(=O)NC1NC(=O)NC2=O. The highest BCUT2D eigenvalue weighted by molar-refractivity contribution is 6.07. The fourth-order valence-corrected chi connectivity index (χ4v) is 1.35. The van der Waals surface area contributed by atoms with E-state index in [1.165, 1.54) is 0 Å². The van der Waals surface area contributed by atoms with E-state index in [4.69, 9.17) is 6.57 Å². The molecule has 0 aromatic heterocycles. The molecule has 2 aliphatic rings. The summed E-state index contributed by atoms with van der Waals surface area (Å²) in [5.74, 6) is -0.834. The third-order valence-corrected chi connectivity index (χ3v) is 2.02. The minimum absolute atomic E-state index is 0.664. The van der Waals surface area contributed by atoms with E-state index in [2.05, 4.69) is 20.8 Å². The van der Waals surface area contributed by atoms with E-state index in [1.807, 2.05) is 5.32 Å². The van der Waals surface area contributed by atoms with Gasteiger partial charge in [-0.05, 0) is 0 Å². The molecule has 72 valence electrons. The number of rotatable bonds is 0. The van der Waals surface area contributed by atoms with Crippen LogP contribution in [0.25, 0.3) is 4.85 Å². The molecule has 2 saturated heterocycles. The lowest BCUT2D eigenvalue weighted by atomic mass is 10.1. The number of carbonyl (C=O) groups excluding carboxylic acids is 3. The molecule has 8 nitrogen and oxygen atoms in total. The monoisotopic (exact) mass is 195 g/mol. The quantitative estimate of drug-likeness (QED) is 0.339. The first-order valence-electron chi connectivity index (χ1n) is 3.68. The Bertz CT molecular complexity index is 385. The first kappa shape index (κ1) is 8.31. The van der Waals surface area contributed by atoms with E-state index in [-0.39, 0.29) is 0 Å². The van der Waals surface area contributed by atoms with E-state index < -0.39 is 29.8 Å². The number of carbonyl (C=O) groups is 3. The lowest BCUT2D eigenvalue weighted by molar-refractivity contribution is -0.125. The van der Waals surface area contributed by atoms with Gasteiger partial charge in [0.2, 0.25) is 6.17 Å². The first-order valence-corrected chi connectivity index (χ1v) is 3.68. The van der Waals surface area contributed by atoms with Crippen LogP contribution in [-0.2, 0) is 4.79 Å². The highest BCUT2D eigenvalue weighted by atomic mass is 16.2. The van der Waals surface area contributed by atoms with E-state index in [0.717, 1.165) is 0 Å². The summed E-state index contributed by atoms with van der Waals surface area (Å²) >= 11 is 0. The third kappa shape index (κ3) is 0.832. The number of hydrogen-bond donors (Lipinski definition) is 4. The zero-order valence-corrected chi connectivity index (χ0v) is 6.75. The second kappa shape index (κ2) is 2.35. The van der Waals surface area contributed by atoms with Crippen molar-refractivity contribution in [1.29, 1.82) is 0 Å². The fourth-order valence-electron chi connectivity index (χ4n) is 1.35. The minimum atomic E-state index is -1.76. The average Bonchev–Trinajstić information content (AvgIpc) is 2.42. The van der Waals surface area contributed by atoms with Crippen LogP contribution in [-0.4, -0.2) is 29.8 Å². The number of nitrogens with one attached hydrogen (secondary N) is 4. The number of amides is 5. The molecule has 2 fully saturated rings. The van der Waals surface area contributed by atoms with Crippen LogP contribution in [0.15, 0.2) is 0 Å². The summed E-state index contributed by atoms with van der Waals surface area (Å²) in [6.45, 7) is 6.86. The van der Waals surface area contributed by atoms with E-state index in [9.17, 15) is 14.4 Å². The van der Waals surface area contributed by atoms with Crippen LogP contribution in [0.4, 0.5) is 9.59 Å². The standard InChI is InChI=1S/C6H5N5O3/c1-7-6-2(9-5(14)11-6)8-4(13)10-3(6)12/h2H,(H2,9,11,14)(H2,8,10,12,13). The second-order valence-corrected chi connectivity index (χ2v) is 2.84. The highest BCUT2D eigenvalue weighted by Gasteiger charge is 2.63. The van der Waals surface area contributed by atoms with Crippen molar-refractivity contribution in [3.63, 3.8) is 0 Å². The summed E-state index contributed by atoms with van der Waals surface area (Å²) < 4.78 is 0. The molecule has 2 unspecified atom stereocenters. The number of urea groups is 2. The van der Waals surface area contributed by atoms with Gasteiger partial charge < -0.3 is 10.6 Å². The van der Waals surface area contributed by atoms with Gasteiger partial charge in [-0.3, -0.25) is 20.3 Å². The van der Waals surface area contributed by atoms with Crippen LogP contribution in [0, 0.1) is 6.57 Å². The summed E-state index contributed by atoms with van der Waals surface area (Å²) in [5, 5.41) is 8.57. The number of imide groups is 1. The van der Waals surface area contributed by atoms with Crippen LogP contribution in [0.2, 0.25) is 0 Å². The molecule has 2 aliphatic heterocycles. The highest BCUT2D eigenvalue weighted by Crippen LogP contribution is 2.19. The summed E-state index contributed by atoms with van der Waals surface area (Å²) in [7, 11) is 0. The van der Waals surface area contributed by atoms with Crippen molar-refractivity contribution in [1.82, 2.24) is 21.3 Å². The maximum Gasteiger partial charge on any atom is 0.425 e. The molecule has 2 rings (SSSR count). The van der Waals surface area contributed by atoms with Crippen molar-refractivity contribution < 1.29 is 14.4 Å². The predicted octanol–water partition coefficient (Wildman–Crippen LogP) is -1.92. The molecule has 2 heterocycles. The Balaban J connectivity index is 2.42. The second-order valence-electron chi connectivity index (χ2n) is 2.84. The molecule has 8 heteroatoms. The normalized spacial score (nSPS) is 34.5. The Morgan fingerprint density at radius 1 is 1.21 bits per heavy atom. The molecule has 0 bridgehead atoms. The molecule has 0 aliphatic carbocycles. The van der Waals surface area contributed by atoms with Gasteiger partial charge in [0.25, 0.3) is 0 Å². The van der Waals surface area contributed by atoms with E-state index >= 15 is 0 Å². The van der Waals surface area contributed by atoms with Crippen LogP contribution in [0.5, 0.6) is 0 Å². The van der Waals surface area contributed by atoms with Crippen LogP contribution in [0.1, 0.15) is 0 Å². The lowest BCUT2D eigenvalue weighted by Gasteiger charge is -2.25. The van der Waals surface area contributed by atoms with Crippen LogP contribution < -0.4 is 21.3 Å². The maximum absolute atomic E-state index is 11.3. The number of nitrogens with zero attached hydrogens (tertiary/aromatic N) is 1. The Morgan fingerprint density at radius 2 is 1.86 bits per heavy atom. The molecule has 5 amide bonds. The van der Waals surface area contributed by atoms with Gasteiger partial charge in [0.05, 0.1) is 0 Å². The van der Waals surface area contributed by atoms with E-state index in [1.54, 1.807) is 0 Å². The molecular formula is C6H5N5O3. The largest absolute Gasteiger partial charge is 0.425 e. The molecule has 14 heavy (non-hydrogen) atoms. The number of hydrogen-bond acceptors (Lipinski definition) is 3. The van der Waals surface area contributed by atoms with Gasteiger partial charge in [-0.1, -0.05) is 0 Å². The molecular weight excluding hydrogens is 190 g/mol. The first-order chi connectivity index (χ1) is 6.58. The van der Waals surface area contributed by atoms with Crippen molar-refractivity contribution in [3.05, 3.63) is 11.4 Å². The lowest BCUT2D eigenvalue weighted by Crippen LogP contribution is -2.71.